The van der Waals surface area contributed by atoms with Crippen LogP contribution in [0, 0.1) is 0 Å². The molecule has 0 aromatic heterocycles. The van der Waals surface area contributed by atoms with Crippen molar-refractivity contribution in [3.63, 3.8) is 0 Å². The first-order valence-corrected chi connectivity index (χ1v) is 25.2. The number of nitrogens with two attached hydrogens (primary N) is 1. The van der Waals surface area contributed by atoms with Gasteiger partial charge in [-0.3, -0.25) is 13.8 Å². The third-order valence-electron chi connectivity index (χ3n) is 9.49. The van der Waals surface area contributed by atoms with Crippen molar-refractivity contribution in [3.05, 3.63) is 97.2 Å². The van der Waals surface area contributed by atoms with Gasteiger partial charge in [0.25, 0.3) is 0 Å². The smallest absolute Gasteiger partial charge is 0.457 e. The lowest BCUT2D eigenvalue weighted by molar-refractivity contribution is -0.154. The molecular formula is C51H88NO7P. The molecule has 0 aromatic carbocycles. The molecule has 0 heterocycles. The molecule has 0 radical (unpaired) electrons. The fourth-order valence-corrected chi connectivity index (χ4v) is 6.79. The maximum absolute atomic E-state index is 12.6. The van der Waals surface area contributed by atoms with E-state index in [1.165, 1.54) is 83.5 Å². The molecular weight excluding hydrogens is 770 g/mol. The molecule has 9 heteroatoms. The molecule has 0 fully saturated rings. The van der Waals surface area contributed by atoms with Gasteiger partial charge in [-0.2, -0.15) is 0 Å². The van der Waals surface area contributed by atoms with Crippen LogP contribution < -0.4 is 5.73 Å². The van der Waals surface area contributed by atoms with Crippen molar-refractivity contribution in [1.82, 2.24) is 0 Å². The lowest BCUT2D eigenvalue weighted by atomic mass is 10.1. The summed E-state index contributed by atoms with van der Waals surface area (Å²) < 4.78 is 33.5. The summed E-state index contributed by atoms with van der Waals surface area (Å²) in [5.74, 6) is -0.376. The van der Waals surface area contributed by atoms with Crippen LogP contribution in [0.4, 0.5) is 0 Å². The fourth-order valence-electron chi connectivity index (χ4n) is 6.03. The van der Waals surface area contributed by atoms with Gasteiger partial charge in [0.2, 0.25) is 0 Å². The van der Waals surface area contributed by atoms with Gasteiger partial charge in [-0.25, -0.2) is 4.57 Å². The number of allylic oxidation sites excluding steroid dienone is 16. The third kappa shape index (κ3) is 46.5. The van der Waals surface area contributed by atoms with Crippen LogP contribution in [0.5, 0.6) is 0 Å². The van der Waals surface area contributed by atoms with Crippen molar-refractivity contribution in [2.45, 2.75) is 187 Å². The van der Waals surface area contributed by atoms with Gasteiger partial charge in [0.05, 0.1) is 19.8 Å². The molecule has 0 bridgehead atoms. The number of hydrogen-bond acceptors (Lipinski definition) is 7. The first kappa shape index (κ1) is 57.4. The van der Waals surface area contributed by atoms with E-state index in [-0.39, 0.29) is 38.8 Å². The summed E-state index contributed by atoms with van der Waals surface area (Å²) in [6.07, 6.45) is 62.9. The predicted octanol–water partition coefficient (Wildman–Crippen LogP) is 14.6. The Morgan fingerprint density at radius 1 is 0.517 bits per heavy atom. The minimum Gasteiger partial charge on any atom is -0.457 e. The van der Waals surface area contributed by atoms with E-state index in [1.54, 1.807) is 0 Å². The SMILES string of the molecule is CC/C=C\C/C=C\C/C=C\C/C=C\C/C=C\C/C=C\CCCCC(=O)OC(COCCCCCCCCCCCC/C=C\C/C=C\CCCCC)COP(=O)(O)OCCN. The Kier molecular flexibility index (Phi) is 45.4. The average Bonchev–Trinajstić information content (AvgIpc) is 3.24. The summed E-state index contributed by atoms with van der Waals surface area (Å²) in [4.78, 5) is 22.5. The number of unbranched alkanes of at least 4 members (excludes halogenated alkanes) is 15. The topological polar surface area (TPSA) is 117 Å². The van der Waals surface area contributed by atoms with Gasteiger partial charge in [-0.15, -0.1) is 0 Å². The minimum atomic E-state index is -4.30. The lowest BCUT2D eigenvalue weighted by Crippen LogP contribution is -2.28. The van der Waals surface area contributed by atoms with Gasteiger partial charge >= 0.3 is 13.8 Å². The zero-order valence-corrected chi connectivity index (χ0v) is 39.1. The Balaban J connectivity index is 4.11. The number of rotatable bonds is 44. The van der Waals surface area contributed by atoms with Crippen molar-refractivity contribution >= 4 is 13.8 Å². The Bertz CT molecular complexity index is 1240. The highest BCUT2D eigenvalue weighted by Gasteiger charge is 2.25. The van der Waals surface area contributed by atoms with E-state index >= 15 is 0 Å². The van der Waals surface area contributed by atoms with E-state index in [0.29, 0.717) is 13.0 Å². The molecule has 0 aliphatic carbocycles. The maximum Gasteiger partial charge on any atom is 0.472 e. The van der Waals surface area contributed by atoms with Gasteiger partial charge in [0.1, 0.15) is 6.10 Å². The van der Waals surface area contributed by atoms with Crippen LogP contribution in [0.3, 0.4) is 0 Å². The van der Waals surface area contributed by atoms with E-state index in [1.807, 2.05) is 0 Å². The Hall–Kier alpha value is -2.58. The monoisotopic (exact) mass is 858 g/mol. The number of esters is 1. The van der Waals surface area contributed by atoms with Crippen molar-refractivity contribution in [2.24, 2.45) is 5.73 Å². The molecule has 0 saturated heterocycles. The van der Waals surface area contributed by atoms with Gasteiger partial charge in [-0.05, 0) is 96.3 Å². The van der Waals surface area contributed by atoms with Crippen molar-refractivity contribution in [3.8, 4) is 0 Å². The van der Waals surface area contributed by atoms with E-state index in [2.05, 4.69) is 111 Å². The number of phosphoric acid groups is 1. The number of carbonyl (C=O) groups excluding carboxylic acids is 1. The Labute approximate surface area is 368 Å². The zero-order chi connectivity index (χ0) is 43.7. The second-order valence-corrected chi connectivity index (χ2v) is 16.7. The van der Waals surface area contributed by atoms with Crippen LogP contribution in [0.15, 0.2) is 97.2 Å². The third-order valence-corrected chi connectivity index (χ3v) is 10.5. The average molecular weight is 858 g/mol. The molecule has 0 spiro atoms. The second kappa shape index (κ2) is 47.5. The van der Waals surface area contributed by atoms with Gasteiger partial charge in [0.15, 0.2) is 0 Å². The van der Waals surface area contributed by atoms with Crippen LogP contribution in [-0.4, -0.2) is 49.9 Å². The van der Waals surface area contributed by atoms with Crippen LogP contribution in [0.1, 0.15) is 181 Å². The summed E-state index contributed by atoms with van der Waals surface area (Å²) >= 11 is 0. The highest BCUT2D eigenvalue weighted by atomic mass is 31.2. The predicted molar refractivity (Wildman–Crippen MR) is 256 cm³/mol. The molecule has 2 unspecified atom stereocenters. The molecule has 60 heavy (non-hydrogen) atoms. The number of phosphoric ester groups is 1. The van der Waals surface area contributed by atoms with E-state index in [0.717, 1.165) is 70.6 Å². The first-order valence-electron chi connectivity index (χ1n) is 23.7. The van der Waals surface area contributed by atoms with Crippen LogP contribution in [0.25, 0.3) is 0 Å². The molecule has 0 amide bonds. The molecule has 0 aliphatic heterocycles. The van der Waals surface area contributed by atoms with E-state index in [4.69, 9.17) is 24.3 Å². The number of ether oxygens (including phenoxy) is 2. The molecule has 3 N–H and O–H groups in total. The standard InChI is InChI=1S/C51H88NO7P/c1-3-5-7-9-11-13-15-17-19-21-23-25-26-28-30-32-34-36-38-40-42-44-51(53)59-50(49-58-60(54,55)57-47-45-52)48-56-46-43-41-39-37-35-33-31-29-27-24-22-20-18-16-14-12-10-8-6-4-2/h5,7,11-14,17-20,23,25,28,30,34,36,50H,3-4,6,8-10,15-16,21-22,24,26-27,29,31-33,35,37-49,52H2,1-2H3,(H,54,55)/b7-5-,13-11-,14-12-,19-17-,20-18-,25-23-,30-28-,36-34-. The fraction of sp³-hybridized carbons (Fsp3) is 0.667. The lowest BCUT2D eigenvalue weighted by Gasteiger charge is -2.20. The molecule has 344 valence electrons. The van der Waals surface area contributed by atoms with Crippen molar-refractivity contribution in [2.75, 3.05) is 33.0 Å². The molecule has 2 atom stereocenters. The molecule has 0 rings (SSSR count). The molecule has 0 saturated carbocycles. The zero-order valence-electron chi connectivity index (χ0n) is 38.2. The molecule has 8 nitrogen and oxygen atoms in total. The molecule has 0 aromatic rings. The quantitative estimate of drug-likeness (QED) is 0.0269. The highest BCUT2D eigenvalue weighted by molar-refractivity contribution is 7.47. The van der Waals surface area contributed by atoms with Gasteiger partial charge < -0.3 is 20.1 Å². The van der Waals surface area contributed by atoms with E-state index in [9.17, 15) is 14.3 Å². The Morgan fingerprint density at radius 2 is 0.933 bits per heavy atom. The molecule has 0 aliphatic rings. The first-order chi connectivity index (χ1) is 29.4. The normalized spacial score (nSPS) is 14.3. The second-order valence-electron chi connectivity index (χ2n) is 15.2. The summed E-state index contributed by atoms with van der Waals surface area (Å²) in [5, 5.41) is 0. The minimum absolute atomic E-state index is 0.0872. The Morgan fingerprint density at radius 3 is 1.40 bits per heavy atom. The van der Waals surface area contributed by atoms with E-state index < -0.39 is 13.9 Å². The maximum atomic E-state index is 12.6. The largest absolute Gasteiger partial charge is 0.472 e. The van der Waals surface area contributed by atoms with Gasteiger partial charge in [0, 0.05) is 19.6 Å². The summed E-state index contributed by atoms with van der Waals surface area (Å²) in [6.45, 7) is 4.70. The van der Waals surface area contributed by atoms with Crippen LogP contribution in [-0.2, 0) is 27.9 Å². The summed E-state index contributed by atoms with van der Waals surface area (Å²) in [6, 6.07) is 0. The van der Waals surface area contributed by atoms with Gasteiger partial charge in [-0.1, -0.05) is 175 Å². The number of carbonyl (C=O) groups is 1. The summed E-state index contributed by atoms with van der Waals surface area (Å²) in [5.41, 5.74) is 5.38. The van der Waals surface area contributed by atoms with Crippen molar-refractivity contribution < 1.29 is 32.8 Å². The van der Waals surface area contributed by atoms with Crippen LogP contribution >= 0.6 is 7.82 Å². The summed E-state index contributed by atoms with van der Waals surface area (Å²) in [7, 11) is -4.30. The van der Waals surface area contributed by atoms with Crippen molar-refractivity contribution in [1.29, 1.82) is 0 Å². The highest BCUT2D eigenvalue weighted by Crippen LogP contribution is 2.43. The number of hydrogen-bond donors (Lipinski definition) is 2. The van der Waals surface area contributed by atoms with Crippen LogP contribution in [0.2, 0.25) is 0 Å².